The molecule has 0 amide bonds. The van der Waals surface area contributed by atoms with Crippen molar-refractivity contribution in [3.63, 3.8) is 0 Å². The van der Waals surface area contributed by atoms with Gasteiger partial charge in [0.15, 0.2) is 0 Å². The molecule has 122 valence electrons. The third-order valence-electron chi connectivity index (χ3n) is 4.46. The Morgan fingerprint density at radius 1 is 1.00 bits per heavy atom. The van der Waals surface area contributed by atoms with Crippen LogP contribution in [0.15, 0.2) is 47.6 Å². The lowest BCUT2D eigenvalue weighted by Crippen LogP contribution is -2.12. The molecular formula is C19H19N3O2. The molecule has 0 spiro atoms. The molecule has 0 radical (unpaired) electrons. The van der Waals surface area contributed by atoms with Crippen molar-refractivity contribution in [1.29, 1.82) is 0 Å². The van der Waals surface area contributed by atoms with Crippen LogP contribution in [-0.2, 0) is 6.42 Å². The fraction of sp³-hybridized carbons (Fsp3) is 0.211. The number of hydrogen-bond donors (Lipinski definition) is 2. The number of fused-ring (bicyclic) bond motifs is 3. The molecule has 0 unspecified atom stereocenters. The Morgan fingerprint density at radius 3 is 2.50 bits per heavy atom. The zero-order valence-electron chi connectivity index (χ0n) is 13.5. The molecule has 24 heavy (non-hydrogen) atoms. The number of rotatable bonds is 3. The van der Waals surface area contributed by atoms with Gasteiger partial charge in [0, 0.05) is 10.9 Å². The summed E-state index contributed by atoms with van der Waals surface area (Å²) in [4.78, 5) is 3.44. The number of aryl methyl sites for hydroxylation is 1. The van der Waals surface area contributed by atoms with E-state index < -0.39 is 0 Å². The molecule has 1 aliphatic rings. The summed E-state index contributed by atoms with van der Waals surface area (Å²) in [5, 5.41) is 5.11. The summed E-state index contributed by atoms with van der Waals surface area (Å²) in [6, 6.07) is 13.7. The number of ether oxygens (including phenoxy) is 2. The van der Waals surface area contributed by atoms with E-state index >= 15 is 0 Å². The number of hydrazone groups is 1. The van der Waals surface area contributed by atoms with Gasteiger partial charge in [0.2, 0.25) is 0 Å². The maximum Gasteiger partial charge on any atom is 0.128 e. The maximum absolute atomic E-state index is 5.98. The fourth-order valence-electron chi connectivity index (χ4n) is 3.26. The van der Waals surface area contributed by atoms with Gasteiger partial charge in [0.1, 0.15) is 17.2 Å². The second kappa shape index (κ2) is 5.92. The Hall–Kier alpha value is -2.95. The highest BCUT2D eigenvalue weighted by Crippen LogP contribution is 2.33. The van der Waals surface area contributed by atoms with Crippen molar-refractivity contribution in [1.82, 2.24) is 4.98 Å². The molecule has 2 aromatic carbocycles. The van der Waals surface area contributed by atoms with E-state index in [9.17, 15) is 0 Å². The van der Waals surface area contributed by atoms with Crippen molar-refractivity contribution in [2.75, 3.05) is 7.11 Å². The van der Waals surface area contributed by atoms with Gasteiger partial charge < -0.3 is 20.3 Å². The van der Waals surface area contributed by atoms with Crippen LogP contribution < -0.4 is 15.3 Å². The lowest BCUT2D eigenvalue weighted by molar-refractivity contribution is 0.413. The third kappa shape index (κ3) is 2.48. The minimum atomic E-state index is 0.781. The van der Waals surface area contributed by atoms with Crippen LogP contribution in [0, 0.1) is 0 Å². The van der Waals surface area contributed by atoms with E-state index in [1.54, 1.807) is 7.11 Å². The molecule has 1 aliphatic carbocycles. The van der Waals surface area contributed by atoms with Gasteiger partial charge >= 0.3 is 0 Å². The van der Waals surface area contributed by atoms with Crippen molar-refractivity contribution >= 4 is 16.6 Å². The quantitative estimate of drug-likeness (QED) is 0.566. The SMILES string of the molecule is COc1ccc(Oc2ccc3[nH]c4c(c3c2)CCCC4=NN)cc1. The fourth-order valence-corrected chi connectivity index (χ4v) is 3.26. The van der Waals surface area contributed by atoms with Crippen LogP contribution in [0.5, 0.6) is 17.2 Å². The molecule has 0 aliphatic heterocycles. The van der Waals surface area contributed by atoms with Crippen LogP contribution in [0.1, 0.15) is 24.1 Å². The van der Waals surface area contributed by atoms with Crippen LogP contribution in [-0.4, -0.2) is 17.8 Å². The summed E-state index contributed by atoms with van der Waals surface area (Å²) in [7, 11) is 1.65. The highest BCUT2D eigenvalue weighted by molar-refractivity contribution is 6.06. The molecule has 0 fully saturated rings. The predicted molar refractivity (Wildman–Crippen MR) is 95.0 cm³/mol. The first-order valence-corrected chi connectivity index (χ1v) is 8.02. The number of H-pyrrole nitrogens is 1. The first-order valence-electron chi connectivity index (χ1n) is 8.02. The van der Waals surface area contributed by atoms with Crippen molar-refractivity contribution < 1.29 is 9.47 Å². The first kappa shape index (κ1) is 14.6. The summed E-state index contributed by atoms with van der Waals surface area (Å²) >= 11 is 0. The van der Waals surface area contributed by atoms with Crippen molar-refractivity contribution in [2.45, 2.75) is 19.3 Å². The van der Waals surface area contributed by atoms with E-state index in [1.165, 1.54) is 10.9 Å². The second-order valence-corrected chi connectivity index (χ2v) is 5.89. The maximum atomic E-state index is 5.98. The van der Waals surface area contributed by atoms with Crippen LogP contribution in [0.4, 0.5) is 0 Å². The van der Waals surface area contributed by atoms with E-state index in [0.29, 0.717) is 0 Å². The zero-order valence-corrected chi connectivity index (χ0v) is 13.5. The van der Waals surface area contributed by atoms with Gasteiger partial charge in [0.25, 0.3) is 0 Å². The van der Waals surface area contributed by atoms with Crippen LogP contribution >= 0.6 is 0 Å². The first-order chi connectivity index (χ1) is 11.8. The van der Waals surface area contributed by atoms with Gasteiger partial charge in [-0.25, -0.2) is 0 Å². The van der Waals surface area contributed by atoms with E-state index in [1.807, 2.05) is 36.4 Å². The highest BCUT2D eigenvalue weighted by atomic mass is 16.5. The van der Waals surface area contributed by atoms with E-state index in [4.69, 9.17) is 15.3 Å². The number of hydrogen-bond acceptors (Lipinski definition) is 4. The molecule has 1 aromatic heterocycles. The van der Waals surface area contributed by atoms with Gasteiger partial charge in [-0.05, 0) is 67.3 Å². The van der Waals surface area contributed by atoms with Gasteiger partial charge in [0.05, 0.1) is 18.5 Å². The molecule has 5 nitrogen and oxygen atoms in total. The van der Waals surface area contributed by atoms with E-state index in [2.05, 4.69) is 16.2 Å². The van der Waals surface area contributed by atoms with Gasteiger partial charge in [-0.3, -0.25) is 0 Å². The van der Waals surface area contributed by atoms with Crippen LogP contribution in [0.25, 0.3) is 10.9 Å². The monoisotopic (exact) mass is 321 g/mol. The average Bonchev–Trinajstić information content (AvgIpc) is 3.00. The van der Waals surface area contributed by atoms with Crippen LogP contribution in [0.2, 0.25) is 0 Å². The van der Waals surface area contributed by atoms with Gasteiger partial charge in [-0.15, -0.1) is 0 Å². The molecule has 0 bridgehead atoms. The standard InChI is InChI=1S/C19H19N3O2/c1-23-12-5-7-13(8-6-12)24-14-9-10-17-16(11-14)15-3-2-4-18(22-20)19(15)21-17/h5-11,21H,2-4,20H2,1H3. The molecule has 3 N–H and O–H groups in total. The third-order valence-corrected chi connectivity index (χ3v) is 4.46. The number of benzene rings is 2. The number of methoxy groups -OCH3 is 1. The smallest absolute Gasteiger partial charge is 0.128 e. The molecule has 0 saturated carbocycles. The number of nitrogens with one attached hydrogen (secondary N) is 1. The Bertz CT molecular complexity index is 910. The molecule has 4 rings (SSSR count). The molecule has 0 saturated heterocycles. The summed E-state index contributed by atoms with van der Waals surface area (Å²) in [5.41, 5.74) is 4.39. The topological polar surface area (TPSA) is 72.6 Å². The number of aromatic nitrogens is 1. The number of nitrogens with two attached hydrogens (primary N) is 1. The summed E-state index contributed by atoms with van der Waals surface area (Å²) in [5.74, 6) is 7.93. The Balaban J connectivity index is 1.70. The summed E-state index contributed by atoms with van der Waals surface area (Å²) in [6.45, 7) is 0. The number of nitrogens with zero attached hydrogens (tertiary/aromatic N) is 1. The normalized spacial score (nSPS) is 15.5. The van der Waals surface area contributed by atoms with Crippen molar-refractivity contribution in [2.24, 2.45) is 10.9 Å². The second-order valence-electron chi connectivity index (χ2n) is 5.89. The minimum Gasteiger partial charge on any atom is -0.497 e. The van der Waals surface area contributed by atoms with Gasteiger partial charge in [-0.2, -0.15) is 5.10 Å². The minimum absolute atomic E-state index is 0.781. The Labute approximate surface area is 140 Å². The largest absolute Gasteiger partial charge is 0.497 e. The van der Waals surface area contributed by atoms with Gasteiger partial charge in [-0.1, -0.05) is 0 Å². The van der Waals surface area contributed by atoms with E-state index in [0.717, 1.165) is 53.4 Å². The number of aromatic amines is 1. The predicted octanol–water partition coefficient (Wildman–Crippen LogP) is 3.97. The highest BCUT2D eigenvalue weighted by Gasteiger charge is 2.20. The molecular weight excluding hydrogens is 302 g/mol. The lowest BCUT2D eigenvalue weighted by atomic mass is 9.94. The van der Waals surface area contributed by atoms with Crippen LogP contribution in [0.3, 0.4) is 0 Å². The summed E-state index contributed by atoms with van der Waals surface area (Å²) < 4.78 is 11.1. The van der Waals surface area contributed by atoms with Crippen molar-refractivity contribution in [3.05, 3.63) is 53.7 Å². The lowest BCUT2D eigenvalue weighted by Gasteiger charge is -2.13. The molecule has 3 aromatic rings. The summed E-state index contributed by atoms with van der Waals surface area (Å²) in [6.07, 6.45) is 3.02. The average molecular weight is 321 g/mol. The molecule has 1 heterocycles. The Kier molecular flexibility index (Phi) is 3.61. The molecule has 0 atom stereocenters. The van der Waals surface area contributed by atoms with E-state index in [-0.39, 0.29) is 0 Å². The zero-order chi connectivity index (χ0) is 16.5. The Morgan fingerprint density at radius 2 is 1.75 bits per heavy atom. The van der Waals surface area contributed by atoms with Crippen molar-refractivity contribution in [3.8, 4) is 17.2 Å². The molecule has 5 heteroatoms.